The molecule has 33 heavy (non-hydrogen) atoms. The Balaban J connectivity index is 1.55. The highest BCUT2D eigenvalue weighted by molar-refractivity contribution is 7.80. The van der Waals surface area contributed by atoms with Crippen LogP contribution in [0.3, 0.4) is 0 Å². The van der Waals surface area contributed by atoms with Crippen LogP contribution in [0.4, 0.5) is 5.69 Å². The van der Waals surface area contributed by atoms with Crippen LogP contribution in [0.25, 0.3) is 10.9 Å². The number of nitrogens with one attached hydrogen (secondary N) is 2. The molecule has 4 rings (SSSR count). The Morgan fingerprint density at radius 2 is 1.94 bits per heavy atom. The van der Waals surface area contributed by atoms with Crippen molar-refractivity contribution >= 4 is 33.9 Å². The Bertz CT molecular complexity index is 1160. The van der Waals surface area contributed by atoms with E-state index in [1.807, 2.05) is 48.5 Å². The van der Waals surface area contributed by atoms with Crippen molar-refractivity contribution in [2.75, 3.05) is 51.8 Å². The van der Waals surface area contributed by atoms with E-state index in [0.717, 1.165) is 49.4 Å². The number of fused-ring (bicyclic) bond motifs is 1. The maximum Gasteiger partial charge on any atom is 0.253 e. The van der Waals surface area contributed by atoms with E-state index in [1.165, 1.54) is 5.56 Å². The molecule has 2 heterocycles. The highest BCUT2D eigenvalue weighted by Gasteiger charge is 2.17. The van der Waals surface area contributed by atoms with Crippen LogP contribution >= 0.6 is 12.2 Å². The highest BCUT2D eigenvalue weighted by Crippen LogP contribution is 2.19. The number of ether oxygens (including phenoxy) is 2. The number of methoxy groups -OCH3 is 1. The molecule has 1 saturated heterocycles. The largest absolute Gasteiger partial charge is 0.497 e. The van der Waals surface area contributed by atoms with Gasteiger partial charge in [-0.05, 0) is 54.9 Å². The Hall–Kier alpha value is -2.94. The van der Waals surface area contributed by atoms with Crippen LogP contribution in [0.2, 0.25) is 0 Å². The molecule has 0 radical (unpaired) electrons. The summed E-state index contributed by atoms with van der Waals surface area (Å²) >= 11 is 5.77. The van der Waals surface area contributed by atoms with Gasteiger partial charge in [0.2, 0.25) is 0 Å². The van der Waals surface area contributed by atoms with Crippen molar-refractivity contribution in [2.24, 2.45) is 0 Å². The fourth-order valence-corrected chi connectivity index (χ4v) is 4.13. The molecule has 1 aromatic heterocycles. The number of rotatable bonds is 7. The minimum Gasteiger partial charge on any atom is -0.497 e. The maximum absolute atomic E-state index is 12.9. The quantitative estimate of drug-likeness (QED) is 0.518. The number of nitrogens with zero attached hydrogens (tertiary/aromatic N) is 2. The first-order chi connectivity index (χ1) is 16.0. The van der Waals surface area contributed by atoms with Crippen LogP contribution in [0, 0.1) is 6.92 Å². The number of hydrogen-bond acceptors (Lipinski definition) is 5. The Morgan fingerprint density at radius 3 is 2.67 bits per heavy atom. The Labute approximate surface area is 199 Å². The standard InChI is InChI=1S/C25H30N4O3S/c1-18-3-6-21(7-4-18)26-25(33)29(10-9-28-11-13-32-14-12-28)17-20-15-19-5-8-22(31-2)16-23(19)27-24(20)30/h3-8,15-16H,9-14,17H2,1-2H3,(H,26,33)(H,27,30). The third-order valence-electron chi connectivity index (χ3n) is 5.87. The zero-order chi connectivity index (χ0) is 23.2. The van der Waals surface area contributed by atoms with Gasteiger partial charge in [-0.25, -0.2) is 0 Å². The van der Waals surface area contributed by atoms with Gasteiger partial charge in [0.25, 0.3) is 5.56 Å². The summed E-state index contributed by atoms with van der Waals surface area (Å²) in [5.74, 6) is 0.710. The van der Waals surface area contributed by atoms with Gasteiger partial charge in [-0.2, -0.15) is 0 Å². The topological polar surface area (TPSA) is 69.8 Å². The molecule has 174 valence electrons. The number of pyridine rings is 1. The Morgan fingerprint density at radius 1 is 1.18 bits per heavy atom. The molecule has 2 N–H and O–H groups in total. The van der Waals surface area contributed by atoms with E-state index in [2.05, 4.69) is 27.0 Å². The number of anilines is 1. The molecule has 1 aliphatic heterocycles. The van der Waals surface area contributed by atoms with E-state index in [0.29, 0.717) is 29.5 Å². The second-order valence-electron chi connectivity index (χ2n) is 8.25. The van der Waals surface area contributed by atoms with Gasteiger partial charge in [-0.3, -0.25) is 9.69 Å². The first-order valence-corrected chi connectivity index (χ1v) is 11.6. The number of morpholine rings is 1. The van der Waals surface area contributed by atoms with Gasteiger partial charge < -0.3 is 24.7 Å². The molecule has 2 aromatic carbocycles. The van der Waals surface area contributed by atoms with Crippen molar-refractivity contribution in [1.29, 1.82) is 0 Å². The molecule has 0 bridgehead atoms. The van der Waals surface area contributed by atoms with Gasteiger partial charge >= 0.3 is 0 Å². The summed E-state index contributed by atoms with van der Waals surface area (Å²) in [5.41, 5.74) is 3.42. The number of aromatic amines is 1. The minimum atomic E-state index is -0.120. The lowest BCUT2D eigenvalue weighted by atomic mass is 10.1. The first-order valence-electron chi connectivity index (χ1n) is 11.1. The van der Waals surface area contributed by atoms with Crippen LogP contribution in [0.5, 0.6) is 5.75 Å². The molecular formula is C25H30N4O3S. The van der Waals surface area contributed by atoms with Crippen molar-refractivity contribution in [3.63, 3.8) is 0 Å². The van der Waals surface area contributed by atoms with Crippen LogP contribution in [0.1, 0.15) is 11.1 Å². The fraction of sp³-hybridized carbons (Fsp3) is 0.360. The molecule has 1 fully saturated rings. The van der Waals surface area contributed by atoms with Gasteiger partial charge in [-0.15, -0.1) is 0 Å². The van der Waals surface area contributed by atoms with E-state index in [9.17, 15) is 4.79 Å². The average Bonchev–Trinajstić information content (AvgIpc) is 2.83. The molecule has 0 atom stereocenters. The number of aryl methyl sites for hydroxylation is 1. The molecule has 0 spiro atoms. The minimum absolute atomic E-state index is 0.120. The molecule has 0 aliphatic carbocycles. The second-order valence-corrected chi connectivity index (χ2v) is 8.64. The van der Waals surface area contributed by atoms with Crippen LogP contribution in [-0.4, -0.2) is 66.4 Å². The van der Waals surface area contributed by atoms with E-state index >= 15 is 0 Å². The number of H-pyrrole nitrogens is 1. The number of hydrogen-bond donors (Lipinski definition) is 2. The predicted octanol–water partition coefficient (Wildman–Crippen LogP) is 3.38. The fourth-order valence-electron chi connectivity index (χ4n) is 3.85. The molecule has 0 saturated carbocycles. The molecule has 0 amide bonds. The van der Waals surface area contributed by atoms with E-state index < -0.39 is 0 Å². The molecule has 1 aliphatic rings. The molecular weight excluding hydrogens is 436 g/mol. The van der Waals surface area contributed by atoms with Gasteiger partial charge in [0.15, 0.2) is 5.11 Å². The van der Waals surface area contributed by atoms with E-state index in [1.54, 1.807) is 7.11 Å². The third kappa shape index (κ3) is 6.10. The summed E-state index contributed by atoms with van der Waals surface area (Å²) in [5, 5.41) is 4.89. The molecule has 8 heteroatoms. The third-order valence-corrected chi connectivity index (χ3v) is 6.23. The van der Waals surface area contributed by atoms with E-state index in [4.69, 9.17) is 21.7 Å². The monoisotopic (exact) mass is 466 g/mol. The zero-order valence-corrected chi connectivity index (χ0v) is 19.9. The van der Waals surface area contributed by atoms with Gasteiger partial charge in [0.05, 0.1) is 32.4 Å². The van der Waals surface area contributed by atoms with Crippen LogP contribution in [0.15, 0.2) is 53.3 Å². The van der Waals surface area contributed by atoms with Gasteiger partial charge in [0.1, 0.15) is 5.75 Å². The lowest BCUT2D eigenvalue weighted by Crippen LogP contribution is -2.44. The summed E-state index contributed by atoms with van der Waals surface area (Å²) < 4.78 is 10.7. The molecule has 7 nitrogen and oxygen atoms in total. The number of aromatic nitrogens is 1. The number of benzene rings is 2. The van der Waals surface area contributed by atoms with E-state index in [-0.39, 0.29) is 5.56 Å². The van der Waals surface area contributed by atoms with Gasteiger partial charge in [-0.1, -0.05) is 17.7 Å². The van der Waals surface area contributed by atoms with Crippen LogP contribution in [-0.2, 0) is 11.3 Å². The predicted molar refractivity (Wildman–Crippen MR) is 136 cm³/mol. The summed E-state index contributed by atoms with van der Waals surface area (Å²) in [6.45, 7) is 7.34. The van der Waals surface area contributed by atoms with Crippen molar-refractivity contribution in [3.05, 3.63) is 70.0 Å². The zero-order valence-electron chi connectivity index (χ0n) is 19.1. The van der Waals surface area contributed by atoms with Gasteiger partial charge in [0, 0.05) is 43.5 Å². The summed E-state index contributed by atoms with van der Waals surface area (Å²) in [6, 6.07) is 15.7. The normalized spacial score (nSPS) is 14.2. The first kappa shape index (κ1) is 23.2. The summed E-state index contributed by atoms with van der Waals surface area (Å²) in [7, 11) is 1.61. The Kier molecular flexibility index (Phi) is 7.59. The summed E-state index contributed by atoms with van der Waals surface area (Å²) in [6.07, 6.45) is 0. The summed E-state index contributed by atoms with van der Waals surface area (Å²) in [4.78, 5) is 20.3. The number of thiocarbonyl (C=S) groups is 1. The van der Waals surface area contributed by atoms with Crippen molar-refractivity contribution < 1.29 is 9.47 Å². The van der Waals surface area contributed by atoms with Crippen molar-refractivity contribution in [2.45, 2.75) is 13.5 Å². The lowest BCUT2D eigenvalue weighted by Gasteiger charge is -2.31. The molecule has 3 aromatic rings. The SMILES string of the molecule is COc1ccc2cc(CN(CCN3CCOCC3)C(=S)Nc3ccc(C)cc3)c(=O)[nH]c2c1. The molecule has 0 unspecified atom stereocenters. The van der Waals surface area contributed by atoms with Crippen LogP contribution < -0.4 is 15.6 Å². The lowest BCUT2D eigenvalue weighted by molar-refractivity contribution is 0.0358. The van der Waals surface area contributed by atoms with Crippen molar-refractivity contribution in [1.82, 2.24) is 14.8 Å². The highest BCUT2D eigenvalue weighted by atomic mass is 32.1. The average molecular weight is 467 g/mol. The maximum atomic E-state index is 12.9. The smallest absolute Gasteiger partial charge is 0.253 e. The second kappa shape index (κ2) is 10.8. The van der Waals surface area contributed by atoms with Crippen molar-refractivity contribution in [3.8, 4) is 5.75 Å².